The molecule has 120 valence electrons. The lowest BCUT2D eigenvalue weighted by molar-refractivity contribution is -0.110. The highest BCUT2D eigenvalue weighted by molar-refractivity contribution is 5.06. The molecule has 1 saturated heterocycles. The number of hydrogen-bond donors (Lipinski definition) is 1. The first-order valence-electron chi connectivity index (χ1n) is 9.55. The van der Waals surface area contributed by atoms with Crippen LogP contribution in [-0.4, -0.2) is 30.1 Å². The molecule has 3 unspecified atom stereocenters. The maximum absolute atomic E-state index is 5.99. The van der Waals surface area contributed by atoms with Gasteiger partial charge in [0.2, 0.25) is 0 Å². The van der Waals surface area contributed by atoms with Crippen LogP contribution in [0.5, 0.6) is 0 Å². The predicted molar refractivity (Wildman–Crippen MR) is 88.0 cm³/mol. The molecule has 1 heterocycles. The van der Waals surface area contributed by atoms with Crippen LogP contribution in [0.15, 0.2) is 0 Å². The fourth-order valence-corrected chi connectivity index (χ4v) is 6.99. The van der Waals surface area contributed by atoms with Crippen molar-refractivity contribution in [3.8, 4) is 0 Å². The number of likely N-dealkylation sites (tertiary alicyclic amines) is 1. The molecule has 4 bridgehead atoms. The average Bonchev–Trinajstić information content (AvgIpc) is 2.45. The molecule has 5 rings (SSSR count). The number of rotatable bonds is 3. The van der Waals surface area contributed by atoms with Gasteiger partial charge in [-0.1, -0.05) is 0 Å². The van der Waals surface area contributed by atoms with Crippen molar-refractivity contribution in [1.82, 2.24) is 4.90 Å². The summed E-state index contributed by atoms with van der Waals surface area (Å²) in [4.78, 5) is 2.87. The Balaban J connectivity index is 1.54. The third-order valence-corrected chi connectivity index (χ3v) is 7.83. The molecule has 3 atom stereocenters. The van der Waals surface area contributed by atoms with E-state index in [9.17, 15) is 0 Å². The summed E-state index contributed by atoms with van der Waals surface area (Å²) in [6.45, 7) is 7.18. The summed E-state index contributed by atoms with van der Waals surface area (Å²) in [6.07, 6.45) is 12.0. The Bertz CT molecular complexity index is 356. The van der Waals surface area contributed by atoms with E-state index >= 15 is 0 Å². The second-order valence-corrected chi connectivity index (χ2v) is 9.18. The highest BCUT2D eigenvalue weighted by Gasteiger charge is 2.54. The molecule has 0 radical (unpaired) electrons. The van der Waals surface area contributed by atoms with Crippen LogP contribution >= 0.6 is 0 Å². The maximum Gasteiger partial charge on any atom is 0.0127 e. The van der Waals surface area contributed by atoms with Gasteiger partial charge in [0, 0.05) is 18.6 Å². The summed E-state index contributed by atoms with van der Waals surface area (Å²) in [7, 11) is 0. The van der Waals surface area contributed by atoms with Crippen LogP contribution in [0.3, 0.4) is 0 Å². The molecular formula is C19H34N2. The van der Waals surface area contributed by atoms with Gasteiger partial charge in [0.1, 0.15) is 0 Å². The van der Waals surface area contributed by atoms with Crippen molar-refractivity contribution >= 4 is 0 Å². The molecule has 0 amide bonds. The fourth-order valence-electron chi connectivity index (χ4n) is 6.99. The first kappa shape index (κ1) is 14.5. The Morgan fingerprint density at radius 1 is 1.05 bits per heavy atom. The monoisotopic (exact) mass is 290 g/mol. The molecule has 5 aliphatic rings. The van der Waals surface area contributed by atoms with E-state index in [1.165, 1.54) is 38.6 Å². The highest BCUT2D eigenvalue weighted by Crippen LogP contribution is 2.62. The quantitative estimate of drug-likeness (QED) is 0.859. The van der Waals surface area contributed by atoms with Crippen molar-refractivity contribution < 1.29 is 0 Å². The lowest BCUT2D eigenvalue weighted by Gasteiger charge is -2.61. The zero-order valence-electron chi connectivity index (χ0n) is 14.1. The van der Waals surface area contributed by atoms with Crippen LogP contribution in [0.25, 0.3) is 0 Å². The van der Waals surface area contributed by atoms with Crippen LogP contribution in [0.1, 0.15) is 65.2 Å². The molecule has 4 aliphatic carbocycles. The van der Waals surface area contributed by atoms with Gasteiger partial charge in [-0.2, -0.15) is 0 Å². The van der Waals surface area contributed by atoms with E-state index < -0.39 is 0 Å². The Kier molecular flexibility index (Phi) is 3.61. The predicted octanol–water partition coefficient (Wildman–Crippen LogP) is 3.65. The number of nitrogens with two attached hydrogens (primary N) is 1. The molecule has 2 N–H and O–H groups in total. The van der Waals surface area contributed by atoms with Gasteiger partial charge < -0.3 is 5.73 Å². The van der Waals surface area contributed by atoms with E-state index in [1.807, 2.05) is 0 Å². The van der Waals surface area contributed by atoms with Crippen LogP contribution < -0.4 is 5.73 Å². The van der Waals surface area contributed by atoms with Crippen LogP contribution in [0, 0.1) is 29.1 Å². The minimum Gasteiger partial charge on any atom is -0.330 e. The Hall–Kier alpha value is -0.0800. The molecule has 0 spiro atoms. The second-order valence-electron chi connectivity index (χ2n) is 9.18. The molecular weight excluding hydrogens is 256 g/mol. The van der Waals surface area contributed by atoms with Crippen LogP contribution in [0.4, 0.5) is 0 Å². The number of piperidine rings is 1. The van der Waals surface area contributed by atoms with Gasteiger partial charge in [-0.05, 0) is 101 Å². The molecule has 5 fully saturated rings. The fraction of sp³-hybridized carbons (Fsp3) is 1.00. The van der Waals surface area contributed by atoms with Gasteiger partial charge in [-0.3, -0.25) is 4.90 Å². The van der Waals surface area contributed by atoms with Crippen molar-refractivity contribution in [1.29, 1.82) is 0 Å². The molecule has 2 nitrogen and oxygen atoms in total. The van der Waals surface area contributed by atoms with Crippen LogP contribution in [0.2, 0.25) is 0 Å². The molecule has 1 aliphatic heterocycles. The Labute approximate surface area is 130 Å². The largest absolute Gasteiger partial charge is 0.330 e. The lowest BCUT2D eigenvalue weighted by atomic mass is 9.47. The van der Waals surface area contributed by atoms with Crippen molar-refractivity contribution in [2.45, 2.75) is 77.3 Å². The zero-order valence-corrected chi connectivity index (χ0v) is 14.1. The summed E-state index contributed by atoms with van der Waals surface area (Å²) >= 11 is 0. The van der Waals surface area contributed by atoms with E-state index in [0.29, 0.717) is 5.41 Å². The first-order valence-corrected chi connectivity index (χ1v) is 9.55. The lowest BCUT2D eigenvalue weighted by Crippen LogP contribution is -2.59. The molecule has 0 aromatic heterocycles. The third kappa shape index (κ3) is 2.37. The molecule has 0 aromatic rings. The summed E-state index contributed by atoms with van der Waals surface area (Å²) in [6, 6.07) is 1.56. The standard InChI is InChI=1S/C19H34N2/c1-13-3-4-15(11-20)12-21(13)14(2)19-8-16-5-17(9-19)7-18(6-16)10-19/h13-18H,3-12,20H2,1-2H3. The Morgan fingerprint density at radius 3 is 2.14 bits per heavy atom. The summed E-state index contributed by atoms with van der Waals surface area (Å²) in [5, 5.41) is 0. The van der Waals surface area contributed by atoms with E-state index in [-0.39, 0.29) is 0 Å². The van der Waals surface area contributed by atoms with Crippen molar-refractivity contribution in [2.75, 3.05) is 13.1 Å². The third-order valence-electron chi connectivity index (χ3n) is 7.83. The van der Waals surface area contributed by atoms with Crippen molar-refractivity contribution in [2.24, 2.45) is 34.8 Å². The van der Waals surface area contributed by atoms with E-state index in [4.69, 9.17) is 5.73 Å². The van der Waals surface area contributed by atoms with E-state index in [2.05, 4.69) is 18.7 Å². The molecule has 2 heteroatoms. The van der Waals surface area contributed by atoms with Gasteiger partial charge in [0.15, 0.2) is 0 Å². The SMILES string of the molecule is CC1CCC(CN)CN1C(C)C12CC3CC(CC(C3)C1)C2. The van der Waals surface area contributed by atoms with Gasteiger partial charge in [0.05, 0.1) is 0 Å². The average molecular weight is 290 g/mol. The number of hydrogen-bond acceptors (Lipinski definition) is 2. The topological polar surface area (TPSA) is 29.3 Å². The first-order chi connectivity index (χ1) is 10.1. The summed E-state index contributed by atoms with van der Waals surface area (Å²) in [5.41, 5.74) is 6.66. The zero-order chi connectivity index (χ0) is 14.6. The summed E-state index contributed by atoms with van der Waals surface area (Å²) in [5.74, 6) is 3.97. The van der Waals surface area contributed by atoms with Crippen molar-refractivity contribution in [3.05, 3.63) is 0 Å². The van der Waals surface area contributed by atoms with Gasteiger partial charge >= 0.3 is 0 Å². The highest BCUT2D eigenvalue weighted by atomic mass is 15.2. The van der Waals surface area contributed by atoms with E-state index in [0.717, 1.165) is 42.3 Å². The van der Waals surface area contributed by atoms with Gasteiger partial charge in [0.25, 0.3) is 0 Å². The number of nitrogens with zero attached hydrogens (tertiary/aromatic N) is 1. The van der Waals surface area contributed by atoms with Crippen molar-refractivity contribution in [3.63, 3.8) is 0 Å². The van der Waals surface area contributed by atoms with Crippen LogP contribution in [-0.2, 0) is 0 Å². The maximum atomic E-state index is 5.99. The molecule has 21 heavy (non-hydrogen) atoms. The van der Waals surface area contributed by atoms with Gasteiger partial charge in [-0.25, -0.2) is 0 Å². The normalized spacial score (nSPS) is 51.3. The smallest absolute Gasteiger partial charge is 0.0127 e. The Morgan fingerprint density at radius 2 is 1.62 bits per heavy atom. The molecule has 4 saturated carbocycles. The summed E-state index contributed by atoms with van der Waals surface area (Å²) < 4.78 is 0. The minimum absolute atomic E-state index is 0.666. The van der Waals surface area contributed by atoms with Gasteiger partial charge in [-0.15, -0.1) is 0 Å². The minimum atomic E-state index is 0.666. The molecule has 0 aromatic carbocycles. The van der Waals surface area contributed by atoms with E-state index in [1.54, 1.807) is 19.3 Å². The second kappa shape index (κ2) is 5.23.